The number of nitrogens with one attached hydrogen (secondary N) is 1. The number of oxazole rings is 1. The van der Waals surface area contributed by atoms with Gasteiger partial charge in [0.1, 0.15) is 0 Å². The fraction of sp³-hybridized carbons (Fsp3) is 0.278. The van der Waals surface area contributed by atoms with Crippen molar-refractivity contribution in [1.29, 1.82) is 0 Å². The predicted octanol–water partition coefficient (Wildman–Crippen LogP) is 3.25. The molecule has 2 aromatic heterocycles. The van der Waals surface area contributed by atoms with Crippen molar-refractivity contribution in [1.82, 2.24) is 9.55 Å². The molecule has 0 spiro atoms. The van der Waals surface area contributed by atoms with Crippen LogP contribution < -0.4 is 5.76 Å². The number of hydrogen-bond donors (Lipinski definition) is 1. The number of hydrogen-bond acceptors (Lipinski definition) is 5. The molecule has 3 rings (SSSR count). The van der Waals surface area contributed by atoms with E-state index in [9.17, 15) is 14.4 Å². The first-order valence-electron chi connectivity index (χ1n) is 8.01. The number of rotatable bonds is 5. The van der Waals surface area contributed by atoms with Crippen molar-refractivity contribution in [2.75, 3.05) is 6.61 Å². The second kappa shape index (κ2) is 6.84. The van der Waals surface area contributed by atoms with E-state index in [1.54, 1.807) is 32.9 Å². The maximum atomic E-state index is 12.7. The molecule has 0 fully saturated rings. The summed E-state index contributed by atoms with van der Waals surface area (Å²) in [5.74, 6) is -1.48. The van der Waals surface area contributed by atoms with Crippen molar-refractivity contribution in [3.8, 4) is 0 Å². The number of H-pyrrole nitrogens is 1. The Morgan fingerprint density at radius 2 is 2.04 bits per heavy atom. The molecule has 0 bridgehead atoms. The number of fused-ring (bicyclic) bond motifs is 1. The van der Waals surface area contributed by atoms with Crippen LogP contribution in [0, 0.1) is 13.8 Å². The summed E-state index contributed by atoms with van der Waals surface area (Å²) >= 11 is 5.89. The molecule has 1 N–H and O–H groups in total. The van der Waals surface area contributed by atoms with E-state index in [1.165, 1.54) is 10.6 Å². The van der Waals surface area contributed by atoms with Gasteiger partial charge < -0.3 is 14.1 Å². The number of aryl methyl sites for hydroxylation is 1. The number of ketones is 1. The maximum absolute atomic E-state index is 12.7. The third-order valence-electron chi connectivity index (χ3n) is 4.13. The Morgan fingerprint density at radius 1 is 1.31 bits per heavy atom. The Balaban J connectivity index is 1.97. The second-order valence-electron chi connectivity index (χ2n) is 5.83. The van der Waals surface area contributed by atoms with Gasteiger partial charge in [0, 0.05) is 16.8 Å². The van der Waals surface area contributed by atoms with Gasteiger partial charge in [-0.2, -0.15) is 0 Å². The summed E-state index contributed by atoms with van der Waals surface area (Å²) in [6, 6.07) is 4.75. The quantitative estimate of drug-likeness (QED) is 0.544. The molecule has 8 heteroatoms. The van der Waals surface area contributed by atoms with E-state index in [0.29, 0.717) is 32.9 Å². The number of Topliss-reactive ketones (excluding diaryl/α,β-unsaturated/α-hetero) is 1. The van der Waals surface area contributed by atoms with Crippen molar-refractivity contribution >= 4 is 34.5 Å². The molecule has 0 saturated heterocycles. The van der Waals surface area contributed by atoms with E-state index in [2.05, 4.69) is 4.98 Å². The van der Waals surface area contributed by atoms with Crippen LogP contribution >= 0.6 is 11.6 Å². The van der Waals surface area contributed by atoms with Crippen LogP contribution in [-0.2, 0) is 11.3 Å². The third-order valence-corrected chi connectivity index (χ3v) is 4.36. The van der Waals surface area contributed by atoms with Crippen LogP contribution in [0.3, 0.4) is 0 Å². The number of carbonyl (C=O) groups is 2. The van der Waals surface area contributed by atoms with Gasteiger partial charge in [0.15, 0.2) is 11.4 Å². The topological polar surface area (TPSA) is 94.3 Å². The molecule has 1 aromatic carbocycles. The highest BCUT2D eigenvalue weighted by molar-refractivity contribution is 6.31. The number of ether oxygens (including phenoxy) is 1. The molecule has 0 aliphatic rings. The van der Waals surface area contributed by atoms with Gasteiger partial charge in [0.2, 0.25) is 0 Å². The summed E-state index contributed by atoms with van der Waals surface area (Å²) in [7, 11) is 0. The fourth-order valence-electron chi connectivity index (χ4n) is 2.95. The highest BCUT2D eigenvalue weighted by atomic mass is 35.5. The van der Waals surface area contributed by atoms with Crippen molar-refractivity contribution < 1.29 is 18.7 Å². The fourth-order valence-corrected chi connectivity index (χ4v) is 3.11. The zero-order chi connectivity index (χ0) is 19.0. The van der Waals surface area contributed by atoms with E-state index in [0.717, 1.165) is 0 Å². The Labute approximate surface area is 153 Å². The van der Waals surface area contributed by atoms with Crippen LogP contribution in [-0.4, -0.2) is 27.9 Å². The normalized spacial score (nSPS) is 11.1. The summed E-state index contributed by atoms with van der Waals surface area (Å²) in [6.45, 7) is 5.09. The van der Waals surface area contributed by atoms with Gasteiger partial charge in [0.05, 0.1) is 29.9 Å². The summed E-state index contributed by atoms with van der Waals surface area (Å²) < 4.78 is 11.4. The monoisotopic (exact) mass is 376 g/mol. The maximum Gasteiger partial charge on any atom is 0.420 e. The first-order chi connectivity index (χ1) is 12.3. The van der Waals surface area contributed by atoms with E-state index in [4.69, 9.17) is 20.8 Å². The minimum absolute atomic E-state index is 0.226. The van der Waals surface area contributed by atoms with Crippen molar-refractivity contribution in [2.45, 2.75) is 27.3 Å². The highest BCUT2D eigenvalue weighted by Crippen LogP contribution is 2.22. The lowest BCUT2D eigenvalue weighted by molar-refractivity contribution is 0.0525. The molecular weight excluding hydrogens is 360 g/mol. The van der Waals surface area contributed by atoms with Crippen molar-refractivity contribution in [3.63, 3.8) is 0 Å². The largest absolute Gasteiger partial charge is 0.462 e. The van der Waals surface area contributed by atoms with Crippen LogP contribution in [0.4, 0.5) is 0 Å². The minimum Gasteiger partial charge on any atom is -0.462 e. The van der Waals surface area contributed by atoms with Gasteiger partial charge in [-0.25, -0.2) is 9.59 Å². The molecule has 0 atom stereocenters. The first kappa shape index (κ1) is 18.0. The Kier molecular flexibility index (Phi) is 4.73. The van der Waals surface area contributed by atoms with Crippen LogP contribution in [0.1, 0.15) is 39.0 Å². The minimum atomic E-state index is -0.651. The lowest BCUT2D eigenvalue weighted by atomic mass is 10.1. The number of aromatic nitrogens is 2. The number of halogens is 1. The van der Waals surface area contributed by atoms with Gasteiger partial charge in [-0.05, 0) is 38.5 Å². The molecule has 0 radical (unpaired) electrons. The summed E-state index contributed by atoms with van der Waals surface area (Å²) in [4.78, 5) is 39.8. The molecule has 136 valence electrons. The molecule has 0 saturated carbocycles. The zero-order valence-electron chi connectivity index (χ0n) is 14.5. The van der Waals surface area contributed by atoms with E-state index in [1.807, 2.05) is 0 Å². The molecule has 2 heterocycles. The summed E-state index contributed by atoms with van der Waals surface area (Å²) in [5.41, 5.74) is 2.42. The lowest BCUT2D eigenvalue weighted by Crippen LogP contribution is -2.21. The van der Waals surface area contributed by atoms with Gasteiger partial charge in [0.25, 0.3) is 0 Å². The molecule has 7 nitrogen and oxygen atoms in total. The first-order valence-corrected chi connectivity index (χ1v) is 8.39. The Hall–Kier alpha value is -2.80. The number of aromatic amines is 1. The van der Waals surface area contributed by atoms with Gasteiger partial charge in [-0.1, -0.05) is 11.6 Å². The lowest BCUT2D eigenvalue weighted by Gasteiger charge is -2.03. The van der Waals surface area contributed by atoms with Crippen LogP contribution in [0.25, 0.3) is 11.1 Å². The van der Waals surface area contributed by atoms with Crippen molar-refractivity contribution in [2.24, 2.45) is 0 Å². The van der Waals surface area contributed by atoms with Crippen LogP contribution in [0.2, 0.25) is 5.02 Å². The molecule has 0 aliphatic heterocycles. The number of benzene rings is 1. The van der Waals surface area contributed by atoms with Gasteiger partial charge in [-0.15, -0.1) is 0 Å². The molecule has 26 heavy (non-hydrogen) atoms. The zero-order valence-corrected chi connectivity index (χ0v) is 15.3. The molecule has 0 unspecified atom stereocenters. The third kappa shape index (κ3) is 3.06. The van der Waals surface area contributed by atoms with E-state index < -0.39 is 11.7 Å². The molecule has 0 amide bonds. The molecular formula is C18H17ClN2O5. The average molecular weight is 377 g/mol. The van der Waals surface area contributed by atoms with Gasteiger partial charge in [-0.3, -0.25) is 9.36 Å². The molecule has 0 aliphatic carbocycles. The highest BCUT2D eigenvalue weighted by Gasteiger charge is 2.24. The standard InChI is InChI=1S/C18H17ClN2O5/c1-4-25-17(23)15-9(2)16(20-10(15)3)13(22)8-21-12-6-5-11(19)7-14(12)26-18(21)24/h5-7,20H,4,8H2,1-3H3. The summed E-state index contributed by atoms with van der Waals surface area (Å²) in [6.07, 6.45) is 0. The van der Waals surface area contributed by atoms with E-state index >= 15 is 0 Å². The summed E-state index contributed by atoms with van der Waals surface area (Å²) in [5, 5.41) is 0.430. The second-order valence-corrected chi connectivity index (χ2v) is 6.27. The van der Waals surface area contributed by atoms with Crippen LogP contribution in [0.15, 0.2) is 27.4 Å². The smallest absolute Gasteiger partial charge is 0.420 e. The Bertz CT molecular complexity index is 1070. The van der Waals surface area contributed by atoms with Crippen molar-refractivity contribution in [3.05, 3.63) is 56.3 Å². The Morgan fingerprint density at radius 3 is 2.73 bits per heavy atom. The predicted molar refractivity (Wildman–Crippen MR) is 96.0 cm³/mol. The van der Waals surface area contributed by atoms with E-state index in [-0.39, 0.29) is 24.6 Å². The molecule has 3 aromatic rings. The number of esters is 1. The van der Waals surface area contributed by atoms with Crippen LogP contribution in [0.5, 0.6) is 0 Å². The van der Waals surface area contributed by atoms with Gasteiger partial charge >= 0.3 is 11.7 Å². The number of nitrogens with zero attached hydrogens (tertiary/aromatic N) is 1. The number of carbonyl (C=O) groups excluding carboxylic acids is 2. The SMILES string of the molecule is CCOC(=O)c1c(C)[nH]c(C(=O)Cn2c(=O)oc3cc(Cl)ccc32)c1C. The average Bonchev–Trinajstić information content (AvgIpc) is 3.03.